The zero-order valence-electron chi connectivity index (χ0n) is 16.1. The van der Waals surface area contributed by atoms with E-state index in [4.69, 9.17) is 19.4 Å². The van der Waals surface area contributed by atoms with E-state index in [1.807, 2.05) is 0 Å². The van der Waals surface area contributed by atoms with E-state index in [-0.39, 0.29) is 5.04 Å². The molecular formula is C17H29N3O4Si. The van der Waals surface area contributed by atoms with Gasteiger partial charge in [-0.25, -0.2) is 0 Å². The van der Waals surface area contributed by atoms with Crippen molar-refractivity contribution < 1.29 is 19.0 Å². The van der Waals surface area contributed by atoms with Gasteiger partial charge in [-0.1, -0.05) is 32.0 Å². The van der Waals surface area contributed by atoms with Crippen molar-refractivity contribution in [3.63, 3.8) is 0 Å². The topological polar surface area (TPSA) is 96.7 Å². The monoisotopic (exact) mass is 367 g/mol. The van der Waals surface area contributed by atoms with Gasteiger partial charge in [0.15, 0.2) is 8.32 Å². The van der Waals surface area contributed by atoms with Crippen LogP contribution in [0.15, 0.2) is 29.4 Å². The molecule has 8 heteroatoms. The van der Waals surface area contributed by atoms with Gasteiger partial charge in [0.1, 0.15) is 17.5 Å². The summed E-state index contributed by atoms with van der Waals surface area (Å²) in [5.41, 5.74) is 8.87. The summed E-state index contributed by atoms with van der Waals surface area (Å²) in [6.07, 6.45) is -1.82. The molecule has 0 amide bonds. The Bertz CT molecular complexity index is 610. The molecule has 0 saturated carbocycles. The van der Waals surface area contributed by atoms with Gasteiger partial charge in [0, 0.05) is 11.0 Å². The van der Waals surface area contributed by atoms with E-state index >= 15 is 0 Å². The number of aliphatic hydroxyl groups is 1. The van der Waals surface area contributed by atoms with Crippen molar-refractivity contribution in [3.8, 4) is 11.5 Å². The number of hydrogen-bond acceptors (Lipinski definition) is 5. The summed E-state index contributed by atoms with van der Waals surface area (Å²) >= 11 is 0. The van der Waals surface area contributed by atoms with Crippen LogP contribution < -0.4 is 9.47 Å². The summed E-state index contributed by atoms with van der Waals surface area (Å²) < 4.78 is 17.5. The van der Waals surface area contributed by atoms with Crippen LogP contribution in [0.4, 0.5) is 0 Å². The zero-order chi connectivity index (χ0) is 19.3. The van der Waals surface area contributed by atoms with Gasteiger partial charge in [0.05, 0.1) is 13.2 Å². The second kappa shape index (κ2) is 8.58. The van der Waals surface area contributed by atoms with Crippen molar-refractivity contribution in [1.29, 1.82) is 0 Å². The lowest BCUT2D eigenvalue weighted by atomic mass is 10.2. The van der Waals surface area contributed by atoms with Crippen LogP contribution in [0.25, 0.3) is 10.4 Å². The summed E-state index contributed by atoms with van der Waals surface area (Å²) in [5.74, 6) is 1.16. The number of nitrogens with zero attached hydrogens (tertiary/aromatic N) is 3. The highest BCUT2D eigenvalue weighted by atomic mass is 28.4. The molecule has 1 unspecified atom stereocenters. The number of hydrogen-bond donors (Lipinski definition) is 1. The minimum atomic E-state index is -2.23. The third kappa shape index (κ3) is 5.93. The quantitative estimate of drug-likeness (QED) is 0.241. The number of azide groups is 1. The van der Waals surface area contributed by atoms with Gasteiger partial charge in [-0.3, -0.25) is 0 Å². The lowest BCUT2D eigenvalue weighted by Gasteiger charge is -2.40. The summed E-state index contributed by atoms with van der Waals surface area (Å²) in [4.78, 5) is 2.84. The molecule has 0 bridgehead atoms. The van der Waals surface area contributed by atoms with Crippen LogP contribution >= 0.6 is 0 Å². The van der Waals surface area contributed by atoms with Crippen molar-refractivity contribution in [2.24, 2.45) is 5.11 Å². The van der Waals surface area contributed by atoms with Crippen molar-refractivity contribution >= 4 is 8.32 Å². The Kier molecular flexibility index (Phi) is 7.31. The molecule has 0 aromatic heterocycles. The molecule has 1 N–H and O–H groups in total. The predicted octanol–water partition coefficient (Wildman–Crippen LogP) is 4.48. The fraction of sp³-hybridized carbons (Fsp3) is 0.647. The average Bonchev–Trinajstić information content (AvgIpc) is 2.50. The highest BCUT2D eigenvalue weighted by molar-refractivity contribution is 6.74. The first-order valence-corrected chi connectivity index (χ1v) is 11.1. The molecular weight excluding hydrogens is 338 g/mol. The molecule has 0 heterocycles. The normalized spacial score (nSPS) is 15.7. The van der Waals surface area contributed by atoms with E-state index in [2.05, 4.69) is 43.9 Å². The van der Waals surface area contributed by atoms with Gasteiger partial charge in [0.25, 0.3) is 0 Å². The summed E-state index contributed by atoms with van der Waals surface area (Å²) in [6.45, 7) is 12.0. The van der Waals surface area contributed by atoms with Gasteiger partial charge < -0.3 is 19.0 Å². The minimum Gasteiger partial charge on any atom is -0.497 e. The van der Waals surface area contributed by atoms with Crippen LogP contribution in [-0.4, -0.2) is 39.0 Å². The molecule has 0 aliphatic carbocycles. The Labute approximate surface area is 150 Å². The third-order valence-corrected chi connectivity index (χ3v) is 8.90. The average molecular weight is 368 g/mol. The first kappa shape index (κ1) is 21.3. The van der Waals surface area contributed by atoms with Crippen LogP contribution in [0.2, 0.25) is 18.1 Å². The Morgan fingerprint density at radius 2 is 1.84 bits per heavy atom. The fourth-order valence-corrected chi connectivity index (χ4v) is 3.00. The van der Waals surface area contributed by atoms with E-state index in [0.717, 1.165) is 0 Å². The predicted molar refractivity (Wildman–Crippen MR) is 100 cm³/mol. The number of benzene rings is 1. The maximum atomic E-state index is 10.1. The molecule has 0 saturated heterocycles. The maximum absolute atomic E-state index is 10.1. The molecule has 3 atom stereocenters. The number of methoxy groups -OCH3 is 1. The van der Waals surface area contributed by atoms with Crippen molar-refractivity contribution in [2.45, 2.75) is 64.3 Å². The second-order valence-corrected chi connectivity index (χ2v) is 12.2. The molecule has 1 aromatic carbocycles. The van der Waals surface area contributed by atoms with E-state index < -0.39 is 26.8 Å². The number of rotatable bonds is 8. The number of ether oxygens (including phenoxy) is 2. The van der Waals surface area contributed by atoms with Crippen LogP contribution in [0.1, 0.15) is 27.7 Å². The zero-order valence-corrected chi connectivity index (χ0v) is 17.1. The van der Waals surface area contributed by atoms with Crippen LogP contribution in [0, 0.1) is 0 Å². The lowest BCUT2D eigenvalue weighted by Crippen LogP contribution is -2.50. The molecule has 0 radical (unpaired) electrons. The molecule has 1 aromatic rings. The van der Waals surface area contributed by atoms with Crippen molar-refractivity contribution in [2.75, 3.05) is 7.11 Å². The second-order valence-electron chi connectivity index (χ2n) is 7.48. The van der Waals surface area contributed by atoms with Crippen molar-refractivity contribution in [3.05, 3.63) is 34.7 Å². The first-order chi connectivity index (χ1) is 11.5. The largest absolute Gasteiger partial charge is 0.497 e. The first-order valence-electron chi connectivity index (χ1n) is 8.22. The van der Waals surface area contributed by atoms with Gasteiger partial charge in [0.2, 0.25) is 6.29 Å². The smallest absolute Gasteiger partial charge is 0.201 e. The molecule has 140 valence electrons. The Hall–Kier alpha value is -1.73. The number of aliphatic hydroxyl groups excluding tert-OH is 1. The molecule has 1 rings (SSSR count). The molecule has 0 spiro atoms. The van der Waals surface area contributed by atoms with Gasteiger partial charge in [-0.2, -0.15) is 0 Å². The van der Waals surface area contributed by atoms with Gasteiger partial charge in [-0.15, -0.1) is 0 Å². The highest BCUT2D eigenvalue weighted by Gasteiger charge is 2.42. The Balaban J connectivity index is 3.19. The molecule has 25 heavy (non-hydrogen) atoms. The van der Waals surface area contributed by atoms with E-state index in [0.29, 0.717) is 11.5 Å². The van der Waals surface area contributed by atoms with E-state index in [1.165, 1.54) is 0 Å². The molecule has 0 aliphatic heterocycles. The van der Waals surface area contributed by atoms with Crippen LogP contribution in [-0.2, 0) is 4.43 Å². The fourth-order valence-electron chi connectivity index (χ4n) is 1.88. The van der Waals surface area contributed by atoms with Gasteiger partial charge in [-0.05, 0) is 42.7 Å². The molecule has 0 aliphatic rings. The standard InChI is InChI=1S/C17H29N3O4Si/c1-12(21)15(19-20-18)16(24-25(6,7)17(2,3)4)23-14-10-8-9-13(11-14)22-5/h8-12,15-16,21H,1-7H3/t12-,15-,16?/m0/s1. The Morgan fingerprint density at radius 1 is 1.24 bits per heavy atom. The van der Waals surface area contributed by atoms with E-state index in [9.17, 15) is 5.11 Å². The SMILES string of the molecule is COc1cccc(OC(O[Si](C)(C)C(C)(C)C)[C@@H](N=[N+]=[N-])[C@H](C)O)c1. The van der Waals surface area contributed by atoms with Crippen LogP contribution in [0.3, 0.4) is 0 Å². The minimum absolute atomic E-state index is 0.0669. The molecule has 0 fully saturated rings. The van der Waals surface area contributed by atoms with Gasteiger partial charge >= 0.3 is 0 Å². The molecule has 7 nitrogen and oxygen atoms in total. The van der Waals surface area contributed by atoms with E-state index in [1.54, 1.807) is 38.3 Å². The maximum Gasteiger partial charge on any atom is 0.201 e. The summed E-state index contributed by atoms with van der Waals surface area (Å²) in [5, 5.41) is 13.7. The Morgan fingerprint density at radius 3 is 2.32 bits per heavy atom. The summed E-state index contributed by atoms with van der Waals surface area (Å²) in [6, 6.07) is 6.21. The third-order valence-electron chi connectivity index (χ3n) is 4.47. The van der Waals surface area contributed by atoms with Crippen LogP contribution in [0.5, 0.6) is 11.5 Å². The lowest BCUT2D eigenvalue weighted by molar-refractivity contribution is -0.0535. The highest BCUT2D eigenvalue weighted by Crippen LogP contribution is 2.38. The van der Waals surface area contributed by atoms with Crippen molar-refractivity contribution in [1.82, 2.24) is 0 Å². The summed E-state index contributed by atoms with van der Waals surface area (Å²) in [7, 11) is -0.661.